The van der Waals surface area contributed by atoms with Crippen LogP contribution in [0.3, 0.4) is 0 Å². The lowest BCUT2D eigenvalue weighted by atomic mass is 10.1. The van der Waals surface area contributed by atoms with Gasteiger partial charge in [-0.2, -0.15) is 10.5 Å². The highest BCUT2D eigenvalue weighted by Crippen LogP contribution is 2.14. The van der Waals surface area contributed by atoms with Crippen LogP contribution in [0.2, 0.25) is 0 Å². The van der Waals surface area contributed by atoms with E-state index in [1.165, 1.54) is 12.1 Å². The molecule has 0 radical (unpaired) electrons. The third-order valence-electron chi connectivity index (χ3n) is 2.04. The first-order chi connectivity index (χ1) is 8.71. The number of benzene rings is 1. The van der Waals surface area contributed by atoms with Crippen LogP contribution in [0.25, 0.3) is 0 Å². The van der Waals surface area contributed by atoms with E-state index in [0.29, 0.717) is 18.8 Å². The Labute approximate surface area is 105 Å². The number of hydrogen-bond donors (Lipinski definition) is 2. The van der Waals surface area contributed by atoms with Gasteiger partial charge in [0.2, 0.25) is 5.91 Å². The smallest absolute Gasteiger partial charge is 0.250 e. The molecule has 1 aromatic rings. The molecule has 6 heteroatoms. The van der Waals surface area contributed by atoms with Gasteiger partial charge >= 0.3 is 0 Å². The first kappa shape index (κ1) is 13.7. The SMILES string of the molecule is N#Cc1ccc(NC(=O)COCCN)cc1C#N. The number of nitriles is 2. The summed E-state index contributed by atoms with van der Waals surface area (Å²) in [5, 5.41) is 20.1. The Morgan fingerprint density at radius 1 is 1.33 bits per heavy atom. The maximum Gasteiger partial charge on any atom is 0.250 e. The average molecular weight is 244 g/mol. The van der Waals surface area contributed by atoms with Crippen LogP contribution in [-0.4, -0.2) is 25.7 Å². The highest BCUT2D eigenvalue weighted by atomic mass is 16.5. The molecule has 0 unspecified atom stereocenters. The van der Waals surface area contributed by atoms with Crippen LogP contribution in [0.4, 0.5) is 5.69 Å². The van der Waals surface area contributed by atoms with Crippen molar-refractivity contribution < 1.29 is 9.53 Å². The molecular weight excluding hydrogens is 232 g/mol. The summed E-state index contributed by atoms with van der Waals surface area (Å²) in [4.78, 5) is 11.4. The lowest BCUT2D eigenvalue weighted by Gasteiger charge is -2.06. The second kappa shape index (κ2) is 7.02. The van der Waals surface area contributed by atoms with Gasteiger partial charge < -0.3 is 15.8 Å². The summed E-state index contributed by atoms with van der Waals surface area (Å²) in [6, 6.07) is 8.27. The monoisotopic (exact) mass is 244 g/mol. The molecule has 1 aromatic carbocycles. The van der Waals surface area contributed by atoms with Gasteiger partial charge in [0, 0.05) is 12.2 Å². The van der Waals surface area contributed by atoms with Crippen molar-refractivity contribution in [1.82, 2.24) is 0 Å². The summed E-state index contributed by atoms with van der Waals surface area (Å²) < 4.78 is 4.96. The molecule has 92 valence electrons. The van der Waals surface area contributed by atoms with E-state index in [9.17, 15) is 4.79 Å². The summed E-state index contributed by atoms with van der Waals surface area (Å²) in [5.74, 6) is -0.336. The first-order valence-corrected chi connectivity index (χ1v) is 5.23. The molecule has 1 amide bonds. The van der Waals surface area contributed by atoms with E-state index >= 15 is 0 Å². The third-order valence-corrected chi connectivity index (χ3v) is 2.04. The molecule has 1 rings (SSSR count). The number of carbonyl (C=O) groups is 1. The highest BCUT2D eigenvalue weighted by molar-refractivity contribution is 5.92. The number of nitrogens with two attached hydrogens (primary N) is 1. The van der Waals surface area contributed by atoms with Gasteiger partial charge in [-0.1, -0.05) is 0 Å². The van der Waals surface area contributed by atoms with Crippen molar-refractivity contribution in [2.24, 2.45) is 5.73 Å². The number of rotatable bonds is 5. The van der Waals surface area contributed by atoms with Gasteiger partial charge in [-0.3, -0.25) is 4.79 Å². The topological polar surface area (TPSA) is 112 Å². The largest absolute Gasteiger partial charge is 0.370 e. The van der Waals surface area contributed by atoms with E-state index < -0.39 is 0 Å². The van der Waals surface area contributed by atoms with Crippen LogP contribution in [0.5, 0.6) is 0 Å². The molecule has 0 aliphatic rings. The van der Waals surface area contributed by atoms with Gasteiger partial charge in [0.25, 0.3) is 0 Å². The van der Waals surface area contributed by atoms with Gasteiger partial charge in [0.15, 0.2) is 0 Å². The molecule has 0 aliphatic heterocycles. The second-order valence-corrected chi connectivity index (χ2v) is 3.37. The molecule has 18 heavy (non-hydrogen) atoms. The molecule has 0 saturated carbocycles. The zero-order chi connectivity index (χ0) is 13.4. The van der Waals surface area contributed by atoms with Crippen LogP contribution in [-0.2, 0) is 9.53 Å². The number of amides is 1. The Morgan fingerprint density at radius 3 is 2.67 bits per heavy atom. The second-order valence-electron chi connectivity index (χ2n) is 3.37. The van der Waals surface area contributed by atoms with Gasteiger partial charge in [-0.15, -0.1) is 0 Å². The van der Waals surface area contributed by atoms with E-state index in [1.54, 1.807) is 6.07 Å². The minimum Gasteiger partial charge on any atom is -0.370 e. The summed E-state index contributed by atoms with van der Waals surface area (Å²) in [6.07, 6.45) is 0. The van der Waals surface area contributed by atoms with Gasteiger partial charge in [0.05, 0.1) is 17.7 Å². The summed E-state index contributed by atoms with van der Waals surface area (Å²) in [5.41, 5.74) is 6.16. The lowest BCUT2D eigenvalue weighted by Crippen LogP contribution is -2.20. The molecule has 0 spiro atoms. The van der Waals surface area contributed by atoms with E-state index in [0.717, 1.165) is 0 Å². The average Bonchev–Trinajstić information content (AvgIpc) is 2.39. The normalized spacial score (nSPS) is 9.28. The number of anilines is 1. The maximum atomic E-state index is 11.4. The molecule has 0 saturated heterocycles. The van der Waals surface area contributed by atoms with Crippen LogP contribution < -0.4 is 11.1 Å². The van der Waals surface area contributed by atoms with E-state index in [4.69, 9.17) is 21.0 Å². The fourth-order valence-electron chi connectivity index (χ4n) is 1.26. The quantitative estimate of drug-likeness (QED) is 0.725. The zero-order valence-electron chi connectivity index (χ0n) is 9.64. The predicted octanol–water partition coefficient (Wildman–Crippen LogP) is 0.344. The fraction of sp³-hybridized carbons (Fsp3) is 0.250. The Morgan fingerprint density at radius 2 is 2.06 bits per heavy atom. The number of ether oxygens (including phenoxy) is 1. The van der Waals surface area contributed by atoms with E-state index in [-0.39, 0.29) is 23.6 Å². The third kappa shape index (κ3) is 3.87. The van der Waals surface area contributed by atoms with Crippen LogP contribution in [0.15, 0.2) is 18.2 Å². The van der Waals surface area contributed by atoms with Gasteiger partial charge in [-0.05, 0) is 18.2 Å². The highest BCUT2D eigenvalue weighted by Gasteiger charge is 2.06. The van der Waals surface area contributed by atoms with Crippen molar-refractivity contribution in [3.8, 4) is 12.1 Å². The van der Waals surface area contributed by atoms with Gasteiger partial charge in [0.1, 0.15) is 18.7 Å². The molecule has 0 aromatic heterocycles. The van der Waals surface area contributed by atoms with E-state index in [1.807, 2.05) is 12.1 Å². The van der Waals surface area contributed by atoms with Crippen molar-refractivity contribution >= 4 is 11.6 Å². The number of nitrogens with zero attached hydrogens (tertiary/aromatic N) is 2. The van der Waals surface area contributed by atoms with Crippen LogP contribution >= 0.6 is 0 Å². The lowest BCUT2D eigenvalue weighted by molar-refractivity contribution is -0.120. The minimum atomic E-state index is -0.336. The molecule has 0 bridgehead atoms. The van der Waals surface area contributed by atoms with Crippen molar-refractivity contribution in [1.29, 1.82) is 10.5 Å². The number of nitrogens with one attached hydrogen (secondary N) is 1. The standard InChI is InChI=1S/C12H12N4O2/c13-3-4-18-8-12(17)16-11-2-1-9(6-14)10(5-11)7-15/h1-2,5H,3-4,8,13H2,(H,16,17). The summed E-state index contributed by atoms with van der Waals surface area (Å²) >= 11 is 0. The van der Waals surface area contributed by atoms with Gasteiger partial charge in [-0.25, -0.2) is 0 Å². The fourth-order valence-corrected chi connectivity index (χ4v) is 1.26. The molecule has 0 heterocycles. The Balaban J connectivity index is 2.66. The summed E-state index contributed by atoms with van der Waals surface area (Å²) in [6.45, 7) is 0.562. The minimum absolute atomic E-state index is 0.0981. The first-order valence-electron chi connectivity index (χ1n) is 5.23. The Bertz CT molecular complexity index is 514. The van der Waals surface area contributed by atoms with E-state index in [2.05, 4.69) is 5.32 Å². The van der Waals surface area contributed by atoms with Crippen molar-refractivity contribution in [2.75, 3.05) is 25.1 Å². The number of carbonyl (C=O) groups excluding carboxylic acids is 1. The van der Waals surface area contributed by atoms with Crippen molar-refractivity contribution in [2.45, 2.75) is 0 Å². The van der Waals surface area contributed by atoms with Crippen molar-refractivity contribution in [3.05, 3.63) is 29.3 Å². The maximum absolute atomic E-state index is 11.4. The molecule has 6 nitrogen and oxygen atoms in total. The Hall–Kier alpha value is -2.41. The van der Waals surface area contributed by atoms with Crippen LogP contribution in [0, 0.1) is 22.7 Å². The van der Waals surface area contributed by atoms with Crippen molar-refractivity contribution in [3.63, 3.8) is 0 Å². The Kier molecular flexibility index (Phi) is 5.33. The molecule has 0 aliphatic carbocycles. The number of hydrogen-bond acceptors (Lipinski definition) is 5. The molecule has 3 N–H and O–H groups in total. The predicted molar refractivity (Wildman–Crippen MR) is 64.4 cm³/mol. The summed E-state index contributed by atoms with van der Waals surface area (Å²) in [7, 11) is 0. The zero-order valence-corrected chi connectivity index (χ0v) is 9.64. The molecular formula is C12H12N4O2. The molecule has 0 atom stereocenters. The molecule has 0 fully saturated rings. The van der Waals surface area contributed by atoms with Crippen LogP contribution in [0.1, 0.15) is 11.1 Å².